The first-order chi connectivity index (χ1) is 12.6. The molecular weight excluding hydrogens is 328 g/mol. The van der Waals surface area contributed by atoms with Gasteiger partial charge in [-0.05, 0) is 43.0 Å². The number of fused-ring (bicyclic) bond motifs is 1. The molecule has 1 unspecified atom stereocenters. The van der Waals surface area contributed by atoms with Gasteiger partial charge in [-0.25, -0.2) is 0 Å². The molecule has 5 heteroatoms. The van der Waals surface area contributed by atoms with Crippen molar-refractivity contribution in [3.63, 3.8) is 0 Å². The van der Waals surface area contributed by atoms with Crippen molar-refractivity contribution in [1.82, 2.24) is 5.32 Å². The number of benzene rings is 2. The number of hydrogen-bond donors (Lipinski definition) is 1. The van der Waals surface area contributed by atoms with Gasteiger partial charge in [0, 0.05) is 18.3 Å². The highest BCUT2D eigenvalue weighted by atomic mass is 16.5. The lowest BCUT2D eigenvalue weighted by Gasteiger charge is -2.22. The first-order valence-electron chi connectivity index (χ1n) is 8.88. The summed E-state index contributed by atoms with van der Waals surface area (Å²) >= 11 is 0. The highest BCUT2D eigenvalue weighted by molar-refractivity contribution is 6.06. The molecule has 1 atom stereocenters. The average Bonchev–Trinajstić information content (AvgIpc) is 2.97. The van der Waals surface area contributed by atoms with Gasteiger partial charge < -0.3 is 15.0 Å². The third-order valence-corrected chi connectivity index (χ3v) is 4.70. The molecule has 0 spiro atoms. The number of methoxy groups -OCH3 is 1. The Morgan fingerprint density at radius 2 is 1.88 bits per heavy atom. The molecule has 1 N–H and O–H groups in total. The second-order valence-electron chi connectivity index (χ2n) is 6.53. The number of rotatable bonds is 6. The van der Waals surface area contributed by atoms with Crippen LogP contribution in [0.4, 0.5) is 5.69 Å². The predicted octanol–water partition coefficient (Wildman–Crippen LogP) is 2.72. The van der Waals surface area contributed by atoms with E-state index >= 15 is 0 Å². The summed E-state index contributed by atoms with van der Waals surface area (Å²) in [4.78, 5) is 26.5. The molecule has 3 rings (SSSR count). The van der Waals surface area contributed by atoms with Crippen molar-refractivity contribution in [1.29, 1.82) is 0 Å². The normalized spacial score (nSPS) is 15.5. The number of para-hydroxylation sites is 2. The van der Waals surface area contributed by atoms with Crippen LogP contribution in [0.15, 0.2) is 48.5 Å². The van der Waals surface area contributed by atoms with E-state index in [1.165, 1.54) is 0 Å². The van der Waals surface area contributed by atoms with Crippen molar-refractivity contribution in [3.05, 3.63) is 59.7 Å². The van der Waals surface area contributed by atoms with Crippen LogP contribution in [0.5, 0.6) is 5.75 Å². The third kappa shape index (κ3) is 3.87. The minimum atomic E-state index is -0.249. The molecular formula is C21H24N2O3. The van der Waals surface area contributed by atoms with Gasteiger partial charge in [-0.1, -0.05) is 36.4 Å². The highest BCUT2D eigenvalue weighted by Crippen LogP contribution is 2.32. The lowest BCUT2D eigenvalue weighted by atomic mass is 10.1. The summed E-state index contributed by atoms with van der Waals surface area (Å²) < 4.78 is 5.31. The van der Waals surface area contributed by atoms with Crippen molar-refractivity contribution in [2.75, 3.05) is 18.6 Å². The second-order valence-corrected chi connectivity index (χ2v) is 6.53. The van der Waals surface area contributed by atoms with E-state index in [1.54, 1.807) is 12.0 Å². The summed E-state index contributed by atoms with van der Waals surface area (Å²) in [6.07, 6.45) is 1.36. The molecule has 0 radical (unpaired) electrons. The monoisotopic (exact) mass is 352 g/mol. The number of anilines is 1. The molecule has 0 aromatic heterocycles. The minimum Gasteiger partial charge on any atom is -0.496 e. The van der Waals surface area contributed by atoms with Crippen LogP contribution in [0, 0.1) is 0 Å². The van der Waals surface area contributed by atoms with Gasteiger partial charge in [-0.15, -0.1) is 0 Å². The van der Waals surface area contributed by atoms with E-state index in [0.29, 0.717) is 13.0 Å². The zero-order valence-electron chi connectivity index (χ0n) is 15.2. The topological polar surface area (TPSA) is 58.6 Å². The van der Waals surface area contributed by atoms with Crippen LogP contribution < -0.4 is 15.0 Å². The molecule has 5 nitrogen and oxygen atoms in total. The molecule has 0 saturated heterocycles. The summed E-state index contributed by atoms with van der Waals surface area (Å²) in [7, 11) is 1.63. The van der Waals surface area contributed by atoms with Gasteiger partial charge in [0.1, 0.15) is 12.2 Å². The van der Waals surface area contributed by atoms with Crippen LogP contribution in [-0.4, -0.2) is 31.5 Å². The van der Waals surface area contributed by atoms with Crippen LogP contribution in [0.3, 0.4) is 0 Å². The number of carbonyl (C=O) groups excluding carboxylic acids is 2. The van der Waals surface area contributed by atoms with Crippen LogP contribution >= 0.6 is 0 Å². The Hall–Kier alpha value is -2.82. The van der Waals surface area contributed by atoms with Crippen LogP contribution in [0.25, 0.3) is 0 Å². The Labute approximate surface area is 154 Å². The van der Waals surface area contributed by atoms with E-state index in [1.807, 2.05) is 55.5 Å². The van der Waals surface area contributed by atoms with Crippen molar-refractivity contribution in [3.8, 4) is 5.75 Å². The Balaban J connectivity index is 1.53. The lowest BCUT2D eigenvalue weighted by Crippen LogP contribution is -2.39. The fourth-order valence-corrected chi connectivity index (χ4v) is 3.48. The van der Waals surface area contributed by atoms with E-state index in [4.69, 9.17) is 4.74 Å². The van der Waals surface area contributed by atoms with Gasteiger partial charge in [0.2, 0.25) is 11.8 Å². The van der Waals surface area contributed by atoms with Crippen molar-refractivity contribution >= 4 is 17.5 Å². The highest BCUT2D eigenvalue weighted by Gasteiger charge is 2.31. The SMILES string of the molecule is COc1ccccc1CCNC(=O)CC(=O)N1c2ccccc2CC1C. The van der Waals surface area contributed by atoms with E-state index in [-0.39, 0.29) is 24.3 Å². The first-order valence-corrected chi connectivity index (χ1v) is 8.88. The molecule has 0 saturated carbocycles. The Kier molecular flexibility index (Phi) is 5.56. The number of hydrogen-bond acceptors (Lipinski definition) is 3. The maximum atomic E-state index is 12.6. The maximum Gasteiger partial charge on any atom is 0.236 e. The fraction of sp³-hybridized carbons (Fsp3) is 0.333. The van der Waals surface area contributed by atoms with Crippen LogP contribution in [-0.2, 0) is 22.4 Å². The van der Waals surface area contributed by atoms with Gasteiger partial charge in [0.25, 0.3) is 0 Å². The molecule has 26 heavy (non-hydrogen) atoms. The van der Waals surface area contributed by atoms with E-state index in [0.717, 1.165) is 29.0 Å². The van der Waals surface area contributed by atoms with Crippen LogP contribution in [0.1, 0.15) is 24.5 Å². The molecule has 1 heterocycles. The van der Waals surface area contributed by atoms with Gasteiger partial charge >= 0.3 is 0 Å². The molecule has 1 aliphatic rings. The fourth-order valence-electron chi connectivity index (χ4n) is 3.48. The largest absolute Gasteiger partial charge is 0.496 e. The Morgan fingerprint density at radius 1 is 1.15 bits per heavy atom. The van der Waals surface area contributed by atoms with Gasteiger partial charge in [0.15, 0.2) is 0 Å². The lowest BCUT2D eigenvalue weighted by molar-refractivity contribution is -0.128. The molecule has 0 bridgehead atoms. The Morgan fingerprint density at radius 3 is 2.69 bits per heavy atom. The number of carbonyl (C=O) groups is 2. The third-order valence-electron chi connectivity index (χ3n) is 4.70. The van der Waals surface area contributed by atoms with E-state index < -0.39 is 0 Å². The maximum absolute atomic E-state index is 12.6. The molecule has 136 valence electrons. The summed E-state index contributed by atoms with van der Waals surface area (Å²) in [5.74, 6) is 0.402. The zero-order chi connectivity index (χ0) is 18.5. The Bertz CT molecular complexity index is 803. The summed E-state index contributed by atoms with van der Waals surface area (Å²) in [5, 5.41) is 2.83. The smallest absolute Gasteiger partial charge is 0.236 e. The molecule has 2 amide bonds. The number of ether oxygens (including phenoxy) is 1. The number of amides is 2. The predicted molar refractivity (Wildman–Crippen MR) is 101 cm³/mol. The average molecular weight is 352 g/mol. The van der Waals surface area contributed by atoms with Crippen molar-refractivity contribution in [2.45, 2.75) is 32.2 Å². The first kappa shape index (κ1) is 18.0. The molecule has 2 aromatic rings. The second kappa shape index (κ2) is 8.04. The standard InChI is InChI=1S/C21H24N2O3/c1-15-13-17-8-3-5-9-18(17)23(15)21(25)14-20(24)22-12-11-16-7-4-6-10-19(16)26-2/h3-10,15H,11-14H2,1-2H3,(H,22,24). The quantitative estimate of drug-likeness (QED) is 0.813. The van der Waals surface area contributed by atoms with Gasteiger partial charge in [-0.3, -0.25) is 9.59 Å². The van der Waals surface area contributed by atoms with Gasteiger partial charge in [0.05, 0.1) is 7.11 Å². The van der Waals surface area contributed by atoms with E-state index in [2.05, 4.69) is 5.32 Å². The van der Waals surface area contributed by atoms with Crippen molar-refractivity contribution < 1.29 is 14.3 Å². The van der Waals surface area contributed by atoms with E-state index in [9.17, 15) is 9.59 Å². The number of nitrogens with zero attached hydrogens (tertiary/aromatic N) is 1. The zero-order valence-corrected chi connectivity index (χ0v) is 15.2. The van der Waals surface area contributed by atoms with Gasteiger partial charge in [-0.2, -0.15) is 0 Å². The number of nitrogens with one attached hydrogen (secondary N) is 1. The molecule has 0 aliphatic carbocycles. The van der Waals surface area contributed by atoms with Crippen molar-refractivity contribution in [2.24, 2.45) is 0 Å². The minimum absolute atomic E-state index is 0.0845. The molecule has 0 fully saturated rings. The summed E-state index contributed by atoms with van der Waals surface area (Å²) in [6, 6.07) is 15.7. The molecule has 2 aromatic carbocycles. The summed E-state index contributed by atoms with van der Waals surface area (Å²) in [5.41, 5.74) is 3.11. The van der Waals surface area contributed by atoms with Crippen LogP contribution in [0.2, 0.25) is 0 Å². The summed E-state index contributed by atoms with van der Waals surface area (Å²) in [6.45, 7) is 2.48. The molecule has 1 aliphatic heterocycles.